The van der Waals surface area contributed by atoms with Crippen molar-refractivity contribution in [1.29, 1.82) is 0 Å². The number of hydrogen-bond acceptors (Lipinski definition) is 4. The van der Waals surface area contributed by atoms with Crippen LogP contribution in [0.1, 0.15) is 12.8 Å². The third-order valence-electron chi connectivity index (χ3n) is 4.39. The lowest BCUT2D eigenvalue weighted by molar-refractivity contribution is 0.296. The Hall–Kier alpha value is -1.60. The summed E-state index contributed by atoms with van der Waals surface area (Å²) < 4.78 is 32.8. The fourth-order valence-corrected chi connectivity index (χ4v) is 4.46. The first-order chi connectivity index (χ1) is 12.0. The van der Waals surface area contributed by atoms with E-state index in [2.05, 4.69) is 5.32 Å². The summed E-state index contributed by atoms with van der Waals surface area (Å²) in [5, 5.41) is 3.75. The second kappa shape index (κ2) is 7.74. The highest BCUT2D eigenvalue weighted by Gasteiger charge is 2.28. The van der Waals surface area contributed by atoms with Crippen molar-refractivity contribution < 1.29 is 13.2 Å². The minimum absolute atomic E-state index is 0.0327. The van der Waals surface area contributed by atoms with Crippen molar-refractivity contribution in [3.05, 3.63) is 53.6 Å². The molecular formula is C18H21ClN2O3S. The lowest BCUT2D eigenvalue weighted by atomic mass is 10.1. The van der Waals surface area contributed by atoms with Crippen LogP contribution in [-0.2, 0) is 10.0 Å². The molecule has 2 aromatic rings. The third kappa shape index (κ3) is 4.15. The van der Waals surface area contributed by atoms with E-state index in [0.29, 0.717) is 16.5 Å². The van der Waals surface area contributed by atoms with Crippen molar-refractivity contribution in [2.45, 2.75) is 23.8 Å². The summed E-state index contributed by atoms with van der Waals surface area (Å²) in [5.74, 6) is 1.07. The number of piperidine rings is 1. The Morgan fingerprint density at radius 3 is 2.36 bits per heavy atom. The van der Waals surface area contributed by atoms with Crippen LogP contribution in [0, 0.1) is 0 Å². The number of benzene rings is 2. The molecule has 2 aromatic carbocycles. The second-order valence-electron chi connectivity index (χ2n) is 6.01. The fourth-order valence-electron chi connectivity index (χ4n) is 2.87. The molecule has 1 fully saturated rings. The van der Waals surface area contributed by atoms with Gasteiger partial charge in [-0.1, -0.05) is 23.7 Å². The van der Waals surface area contributed by atoms with Crippen molar-refractivity contribution >= 4 is 21.6 Å². The fraction of sp³-hybridized carbons (Fsp3) is 0.333. The molecular weight excluding hydrogens is 360 g/mol. The molecule has 0 aliphatic carbocycles. The molecule has 1 heterocycles. The average Bonchev–Trinajstić information content (AvgIpc) is 2.64. The minimum atomic E-state index is -3.51. The maximum absolute atomic E-state index is 12.8. The standard InChI is InChI=1S/C18H21ClN2O3S/c1-21(14-10-12-20-13-11-14)25(22,23)16-8-6-15(7-9-16)24-18-5-3-2-4-17(18)19/h2-9,14,20H,10-13H2,1H3. The van der Waals surface area contributed by atoms with E-state index < -0.39 is 10.0 Å². The Morgan fingerprint density at radius 2 is 1.72 bits per heavy atom. The van der Waals surface area contributed by atoms with E-state index in [1.807, 2.05) is 12.1 Å². The summed E-state index contributed by atoms with van der Waals surface area (Å²) in [6, 6.07) is 13.6. The van der Waals surface area contributed by atoms with E-state index >= 15 is 0 Å². The van der Waals surface area contributed by atoms with E-state index in [0.717, 1.165) is 25.9 Å². The van der Waals surface area contributed by atoms with Crippen molar-refractivity contribution in [3.8, 4) is 11.5 Å². The number of para-hydroxylation sites is 1. The van der Waals surface area contributed by atoms with Crippen molar-refractivity contribution in [1.82, 2.24) is 9.62 Å². The molecule has 0 saturated carbocycles. The molecule has 3 rings (SSSR count). The molecule has 134 valence electrons. The third-order valence-corrected chi connectivity index (χ3v) is 6.62. The van der Waals surface area contributed by atoms with E-state index in [-0.39, 0.29) is 10.9 Å². The molecule has 1 N–H and O–H groups in total. The van der Waals surface area contributed by atoms with Gasteiger partial charge in [-0.3, -0.25) is 0 Å². The van der Waals surface area contributed by atoms with Gasteiger partial charge in [0.15, 0.2) is 0 Å². The molecule has 1 aliphatic heterocycles. The van der Waals surface area contributed by atoms with Gasteiger partial charge in [-0.15, -0.1) is 0 Å². The summed E-state index contributed by atoms with van der Waals surface area (Å²) in [4.78, 5) is 0.264. The Kier molecular flexibility index (Phi) is 5.64. The zero-order chi connectivity index (χ0) is 17.9. The maximum Gasteiger partial charge on any atom is 0.243 e. The van der Waals surface area contributed by atoms with Crippen LogP contribution in [0.15, 0.2) is 53.4 Å². The molecule has 1 aliphatic rings. The number of ether oxygens (including phenoxy) is 1. The number of sulfonamides is 1. The Balaban J connectivity index is 1.75. The predicted molar refractivity (Wildman–Crippen MR) is 98.8 cm³/mol. The second-order valence-corrected chi connectivity index (χ2v) is 8.41. The normalized spacial score (nSPS) is 16.1. The number of rotatable bonds is 5. The highest BCUT2D eigenvalue weighted by atomic mass is 35.5. The highest BCUT2D eigenvalue weighted by molar-refractivity contribution is 7.89. The van der Waals surface area contributed by atoms with Crippen LogP contribution in [0.3, 0.4) is 0 Å². The summed E-state index contributed by atoms with van der Waals surface area (Å²) >= 11 is 6.07. The quantitative estimate of drug-likeness (QED) is 0.862. The molecule has 0 spiro atoms. The smallest absolute Gasteiger partial charge is 0.243 e. The minimum Gasteiger partial charge on any atom is -0.456 e. The largest absolute Gasteiger partial charge is 0.456 e. The average molecular weight is 381 g/mol. The van der Waals surface area contributed by atoms with Crippen LogP contribution < -0.4 is 10.1 Å². The molecule has 0 amide bonds. The van der Waals surface area contributed by atoms with Gasteiger partial charge in [0, 0.05) is 13.1 Å². The van der Waals surface area contributed by atoms with Gasteiger partial charge in [0.25, 0.3) is 0 Å². The number of nitrogens with zero attached hydrogens (tertiary/aromatic N) is 1. The van der Waals surface area contributed by atoms with Crippen LogP contribution in [0.2, 0.25) is 5.02 Å². The Labute approximate surface area is 153 Å². The summed E-state index contributed by atoms with van der Waals surface area (Å²) in [6.07, 6.45) is 1.65. The van der Waals surface area contributed by atoms with E-state index in [4.69, 9.17) is 16.3 Å². The van der Waals surface area contributed by atoms with Crippen molar-refractivity contribution in [3.63, 3.8) is 0 Å². The topological polar surface area (TPSA) is 58.6 Å². The first-order valence-electron chi connectivity index (χ1n) is 8.19. The zero-order valence-electron chi connectivity index (χ0n) is 14.0. The predicted octanol–water partition coefficient (Wildman–Crippen LogP) is 3.50. The van der Waals surface area contributed by atoms with Crippen LogP contribution in [-0.4, -0.2) is 38.9 Å². The van der Waals surface area contributed by atoms with Crippen molar-refractivity contribution in [2.24, 2.45) is 0 Å². The molecule has 7 heteroatoms. The maximum atomic E-state index is 12.8. The van der Waals surface area contributed by atoms with Gasteiger partial charge >= 0.3 is 0 Å². The van der Waals surface area contributed by atoms with Crippen LogP contribution in [0.4, 0.5) is 0 Å². The molecule has 0 bridgehead atoms. The monoisotopic (exact) mass is 380 g/mol. The van der Waals surface area contributed by atoms with Gasteiger partial charge in [-0.2, -0.15) is 4.31 Å². The molecule has 1 saturated heterocycles. The lowest BCUT2D eigenvalue weighted by Gasteiger charge is -2.30. The number of hydrogen-bond donors (Lipinski definition) is 1. The molecule has 25 heavy (non-hydrogen) atoms. The van der Waals surface area contributed by atoms with Gasteiger partial charge in [-0.05, 0) is 62.3 Å². The molecule has 5 nitrogen and oxygen atoms in total. The van der Waals surface area contributed by atoms with E-state index in [1.54, 1.807) is 43.4 Å². The highest BCUT2D eigenvalue weighted by Crippen LogP contribution is 2.30. The van der Waals surface area contributed by atoms with Gasteiger partial charge in [0.05, 0.1) is 9.92 Å². The molecule has 0 unspecified atom stereocenters. The Morgan fingerprint density at radius 1 is 1.08 bits per heavy atom. The molecule has 0 aromatic heterocycles. The molecule has 0 atom stereocenters. The van der Waals surface area contributed by atoms with Gasteiger partial charge in [-0.25, -0.2) is 8.42 Å². The number of nitrogens with one attached hydrogen (secondary N) is 1. The van der Waals surface area contributed by atoms with Gasteiger partial charge in [0.2, 0.25) is 10.0 Å². The van der Waals surface area contributed by atoms with Crippen molar-refractivity contribution in [2.75, 3.05) is 20.1 Å². The van der Waals surface area contributed by atoms with Crippen LogP contribution >= 0.6 is 11.6 Å². The van der Waals surface area contributed by atoms with E-state index in [9.17, 15) is 8.42 Å². The Bertz CT molecular complexity index is 818. The van der Waals surface area contributed by atoms with E-state index in [1.165, 1.54) is 4.31 Å². The van der Waals surface area contributed by atoms with Gasteiger partial charge < -0.3 is 10.1 Å². The summed E-state index contributed by atoms with van der Waals surface area (Å²) in [7, 11) is -1.86. The molecule has 0 radical (unpaired) electrons. The first kappa shape index (κ1) is 18.2. The SMILES string of the molecule is CN(C1CCNCC1)S(=O)(=O)c1ccc(Oc2ccccc2Cl)cc1. The zero-order valence-corrected chi connectivity index (χ0v) is 15.6. The van der Waals surface area contributed by atoms with Crippen LogP contribution in [0.25, 0.3) is 0 Å². The summed E-state index contributed by atoms with van der Waals surface area (Å²) in [5.41, 5.74) is 0. The summed E-state index contributed by atoms with van der Waals surface area (Å²) in [6.45, 7) is 1.68. The lowest BCUT2D eigenvalue weighted by Crippen LogP contribution is -2.43. The van der Waals surface area contributed by atoms with Gasteiger partial charge in [0.1, 0.15) is 11.5 Å². The van der Waals surface area contributed by atoms with Crippen LogP contribution in [0.5, 0.6) is 11.5 Å². The number of halogens is 1. The first-order valence-corrected chi connectivity index (χ1v) is 10.0.